The second kappa shape index (κ2) is 6.38. The van der Waals surface area contributed by atoms with Crippen molar-refractivity contribution >= 4 is 11.6 Å². The lowest BCUT2D eigenvalue weighted by Crippen LogP contribution is -2.17. The summed E-state index contributed by atoms with van der Waals surface area (Å²) in [5, 5.41) is 3.37. The summed E-state index contributed by atoms with van der Waals surface area (Å²) >= 11 is 5.73. The Morgan fingerprint density at radius 3 is 2.00 bits per heavy atom. The van der Waals surface area contributed by atoms with Crippen LogP contribution in [0.5, 0.6) is 0 Å². The zero-order valence-electron chi connectivity index (χ0n) is 12.0. The summed E-state index contributed by atoms with van der Waals surface area (Å²) in [5.41, 5.74) is 3.27. The molecule has 0 bridgehead atoms. The fourth-order valence-electron chi connectivity index (χ4n) is 2.29. The number of nitrogens with one attached hydrogen (secondary N) is 1. The van der Waals surface area contributed by atoms with Crippen molar-refractivity contribution in [1.29, 1.82) is 0 Å². The Hall–Kier alpha value is -1.38. The summed E-state index contributed by atoms with van der Waals surface area (Å²) in [6.07, 6.45) is 0. The van der Waals surface area contributed by atoms with Crippen molar-refractivity contribution in [1.82, 2.24) is 5.32 Å². The van der Waals surface area contributed by atoms with E-state index in [2.05, 4.69) is 43.4 Å². The van der Waals surface area contributed by atoms with Crippen LogP contribution in [-0.2, 0) is 0 Å². The van der Waals surface area contributed by atoms with Gasteiger partial charge in [0.25, 0.3) is 0 Å². The van der Waals surface area contributed by atoms with Gasteiger partial charge in [-0.05, 0) is 41.8 Å². The van der Waals surface area contributed by atoms with Gasteiger partial charge in [-0.15, -0.1) is 0 Å². The molecule has 0 heterocycles. The molecule has 1 unspecified atom stereocenters. The van der Waals surface area contributed by atoms with Gasteiger partial charge >= 0.3 is 0 Å². The normalized spacial score (nSPS) is 12.7. The van der Waals surface area contributed by atoms with E-state index in [0.29, 0.717) is 5.92 Å². The smallest absolute Gasteiger partial charge is 0.142 e. The molecule has 0 aliphatic heterocycles. The summed E-state index contributed by atoms with van der Waals surface area (Å²) in [6, 6.07) is 13.3. The third kappa shape index (κ3) is 3.20. The van der Waals surface area contributed by atoms with Gasteiger partial charge in [-0.1, -0.05) is 55.8 Å². The molecular formula is C17H19ClFN. The number of halogens is 2. The molecule has 0 amide bonds. The van der Waals surface area contributed by atoms with Crippen molar-refractivity contribution in [3.63, 3.8) is 0 Å². The Kier molecular flexibility index (Phi) is 4.79. The largest absolute Gasteiger partial charge is 0.309 e. The van der Waals surface area contributed by atoms with Gasteiger partial charge in [-0.2, -0.15) is 0 Å². The fourth-order valence-corrected chi connectivity index (χ4v) is 2.41. The first-order chi connectivity index (χ1) is 9.52. The molecule has 2 aromatic rings. The second-order valence-electron chi connectivity index (χ2n) is 5.22. The van der Waals surface area contributed by atoms with Gasteiger partial charge in [0.2, 0.25) is 0 Å². The van der Waals surface area contributed by atoms with Crippen LogP contribution in [0.3, 0.4) is 0 Å². The quantitative estimate of drug-likeness (QED) is 0.844. The van der Waals surface area contributed by atoms with Crippen LogP contribution in [0.4, 0.5) is 4.39 Å². The summed E-state index contributed by atoms with van der Waals surface area (Å²) in [5.74, 6) is 0.119. The topological polar surface area (TPSA) is 12.0 Å². The highest BCUT2D eigenvalue weighted by Crippen LogP contribution is 2.26. The first-order valence-electron chi connectivity index (χ1n) is 6.75. The Labute approximate surface area is 124 Å². The van der Waals surface area contributed by atoms with E-state index in [1.54, 1.807) is 6.07 Å². The SMILES string of the molecule is CNC(c1ccc(C(C)C)cc1)c1ccc(Cl)c(F)c1. The lowest BCUT2D eigenvalue weighted by molar-refractivity contribution is 0.617. The fraction of sp³-hybridized carbons (Fsp3) is 0.294. The van der Waals surface area contributed by atoms with E-state index in [4.69, 9.17) is 11.6 Å². The van der Waals surface area contributed by atoms with Crippen molar-refractivity contribution in [3.8, 4) is 0 Å². The Bertz CT molecular complexity index is 578. The van der Waals surface area contributed by atoms with Crippen LogP contribution < -0.4 is 5.32 Å². The highest BCUT2D eigenvalue weighted by atomic mass is 35.5. The van der Waals surface area contributed by atoms with Crippen LogP contribution in [0.2, 0.25) is 5.02 Å². The molecule has 2 rings (SSSR count). The van der Waals surface area contributed by atoms with Gasteiger partial charge < -0.3 is 5.32 Å². The Morgan fingerprint density at radius 2 is 1.50 bits per heavy atom. The van der Waals surface area contributed by atoms with Crippen LogP contribution in [0.25, 0.3) is 0 Å². The maximum atomic E-state index is 13.6. The summed E-state index contributed by atoms with van der Waals surface area (Å²) in [7, 11) is 1.87. The average molecular weight is 292 g/mol. The molecule has 0 aliphatic rings. The van der Waals surface area contributed by atoms with E-state index in [-0.39, 0.29) is 16.9 Å². The molecule has 0 fully saturated rings. The third-order valence-corrected chi connectivity index (χ3v) is 3.81. The molecule has 0 saturated carbocycles. The minimum atomic E-state index is -0.386. The lowest BCUT2D eigenvalue weighted by Gasteiger charge is -2.18. The van der Waals surface area contributed by atoms with Crippen molar-refractivity contribution in [2.45, 2.75) is 25.8 Å². The molecule has 0 aliphatic carbocycles. The summed E-state index contributed by atoms with van der Waals surface area (Å²) in [6.45, 7) is 4.33. The number of hydrogen-bond donors (Lipinski definition) is 1. The van der Waals surface area contributed by atoms with Gasteiger partial charge in [0.05, 0.1) is 11.1 Å². The van der Waals surface area contributed by atoms with Gasteiger partial charge in [0.1, 0.15) is 5.82 Å². The van der Waals surface area contributed by atoms with E-state index >= 15 is 0 Å². The minimum absolute atomic E-state index is 0.0389. The maximum Gasteiger partial charge on any atom is 0.142 e. The lowest BCUT2D eigenvalue weighted by atomic mass is 9.95. The molecule has 0 aromatic heterocycles. The molecule has 2 aromatic carbocycles. The van der Waals surface area contributed by atoms with Crippen molar-refractivity contribution in [3.05, 3.63) is 70.0 Å². The third-order valence-electron chi connectivity index (χ3n) is 3.50. The van der Waals surface area contributed by atoms with Crippen molar-refractivity contribution in [2.75, 3.05) is 7.05 Å². The van der Waals surface area contributed by atoms with E-state index in [9.17, 15) is 4.39 Å². The Morgan fingerprint density at radius 1 is 0.950 bits per heavy atom. The van der Waals surface area contributed by atoms with Crippen LogP contribution in [-0.4, -0.2) is 7.05 Å². The van der Waals surface area contributed by atoms with Crippen molar-refractivity contribution < 1.29 is 4.39 Å². The zero-order chi connectivity index (χ0) is 14.7. The van der Waals surface area contributed by atoms with Gasteiger partial charge in [0.15, 0.2) is 0 Å². The molecule has 0 radical (unpaired) electrons. The average Bonchev–Trinajstić information content (AvgIpc) is 2.44. The molecule has 1 atom stereocenters. The predicted octanol–water partition coefficient (Wildman–Crippen LogP) is 4.91. The molecule has 106 valence electrons. The van der Waals surface area contributed by atoms with Gasteiger partial charge in [-0.25, -0.2) is 4.39 Å². The molecule has 0 saturated heterocycles. The number of hydrogen-bond acceptors (Lipinski definition) is 1. The number of benzene rings is 2. The molecule has 20 heavy (non-hydrogen) atoms. The zero-order valence-corrected chi connectivity index (χ0v) is 12.7. The minimum Gasteiger partial charge on any atom is -0.309 e. The first-order valence-corrected chi connectivity index (χ1v) is 7.12. The molecule has 3 heteroatoms. The summed E-state index contributed by atoms with van der Waals surface area (Å²) < 4.78 is 13.6. The molecule has 1 N–H and O–H groups in total. The van der Waals surface area contributed by atoms with Gasteiger partial charge in [0, 0.05) is 0 Å². The highest BCUT2D eigenvalue weighted by molar-refractivity contribution is 6.30. The molecular weight excluding hydrogens is 273 g/mol. The summed E-state index contributed by atoms with van der Waals surface area (Å²) in [4.78, 5) is 0. The van der Waals surface area contributed by atoms with E-state index < -0.39 is 0 Å². The highest BCUT2D eigenvalue weighted by Gasteiger charge is 2.14. The predicted molar refractivity (Wildman–Crippen MR) is 82.8 cm³/mol. The van der Waals surface area contributed by atoms with E-state index in [1.807, 2.05) is 13.1 Å². The van der Waals surface area contributed by atoms with Gasteiger partial charge in [-0.3, -0.25) is 0 Å². The van der Waals surface area contributed by atoms with E-state index in [0.717, 1.165) is 11.1 Å². The van der Waals surface area contributed by atoms with Crippen LogP contribution in [0.1, 0.15) is 42.5 Å². The number of rotatable bonds is 4. The van der Waals surface area contributed by atoms with Crippen molar-refractivity contribution in [2.24, 2.45) is 0 Å². The Balaban J connectivity index is 2.33. The van der Waals surface area contributed by atoms with E-state index in [1.165, 1.54) is 11.6 Å². The van der Waals surface area contributed by atoms with Crippen LogP contribution >= 0.6 is 11.6 Å². The molecule has 1 nitrogen and oxygen atoms in total. The maximum absolute atomic E-state index is 13.6. The standard InChI is InChI=1S/C17H19ClFN/c1-11(2)12-4-6-13(7-5-12)17(20-3)14-8-9-15(18)16(19)10-14/h4-11,17,20H,1-3H3. The first kappa shape index (κ1) is 15.0. The monoisotopic (exact) mass is 291 g/mol. The van der Waals surface area contributed by atoms with Crippen LogP contribution in [0, 0.1) is 5.82 Å². The second-order valence-corrected chi connectivity index (χ2v) is 5.62. The van der Waals surface area contributed by atoms with Crippen LogP contribution in [0.15, 0.2) is 42.5 Å². The molecule has 0 spiro atoms.